The van der Waals surface area contributed by atoms with E-state index < -0.39 is 11.6 Å². The van der Waals surface area contributed by atoms with Crippen LogP contribution in [0.15, 0.2) is 47.4 Å². The van der Waals surface area contributed by atoms with Gasteiger partial charge in [-0.3, -0.25) is 14.5 Å². The second-order valence-corrected chi connectivity index (χ2v) is 17.0. The molecule has 12 nitrogen and oxygen atoms in total. The van der Waals surface area contributed by atoms with Gasteiger partial charge in [-0.15, -0.1) is 0 Å². The summed E-state index contributed by atoms with van der Waals surface area (Å²) in [5.41, 5.74) is 3.54. The van der Waals surface area contributed by atoms with Crippen LogP contribution < -0.4 is 20.4 Å². The molecule has 0 aliphatic carbocycles. The fourth-order valence-electron chi connectivity index (χ4n) is 7.98. The molecule has 13 heteroatoms. The highest BCUT2D eigenvalue weighted by Crippen LogP contribution is 2.33. The molecule has 0 bridgehead atoms. The molecule has 1 atom stereocenters. The summed E-state index contributed by atoms with van der Waals surface area (Å²) < 4.78 is 7.83. The summed E-state index contributed by atoms with van der Waals surface area (Å²) in [6.07, 6.45) is 5.13. The number of ether oxygens (including phenoxy) is 1. The quantitative estimate of drug-likeness (QED) is 0.232. The third kappa shape index (κ3) is 10.2. The zero-order chi connectivity index (χ0) is 37.5. The Bertz CT molecular complexity index is 1590. The number of amides is 3. The van der Waals surface area contributed by atoms with Gasteiger partial charge in [-0.1, -0.05) is 6.07 Å². The van der Waals surface area contributed by atoms with Gasteiger partial charge in [0.25, 0.3) is 5.91 Å². The lowest BCUT2D eigenvalue weighted by atomic mass is 9.95. The van der Waals surface area contributed by atoms with Crippen molar-refractivity contribution in [2.24, 2.45) is 5.92 Å². The van der Waals surface area contributed by atoms with E-state index >= 15 is 0 Å². The number of benzene rings is 2. The Balaban J connectivity index is 0.921. The number of carbonyl (C=O) groups excluding carboxylic acids is 4. The molecule has 3 fully saturated rings. The van der Waals surface area contributed by atoms with Crippen LogP contribution in [0, 0.1) is 5.92 Å². The number of piperazine rings is 1. The van der Waals surface area contributed by atoms with Crippen LogP contribution >= 0.6 is 11.9 Å². The number of carbonyl (C=O) groups is 4. The van der Waals surface area contributed by atoms with E-state index in [1.165, 1.54) is 10.6 Å². The van der Waals surface area contributed by atoms with Crippen LogP contribution in [0.4, 0.5) is 16.2 Å². The molecule has 0 saturated carbocycles. The second-order valence-electron chi connectivity index (χ2n) is 15.8. The van der Waals surface area contributed by atoms with E-state index in [1.807, 2.05) is 44.9 Å². The molecule has 3 amide bonds. The van der Waals surface area contributed by atoms with Gasteiger partial charge in [-0.05, 0) is 113 Å². The molecule has 6 rings (SSSR count). The molecule has 4 aliphatic rings. The number of nitrogens with zero attached hydrogens (tertiary/aromatic N) is 5. The number of aldehydes is 1. The molecule has 3 saturated heterocycles. The minimum atomic E-state index is -0.646. The molecule has 4 heterocycles. The average Bonchev–Trinajstić information content (AvgIpc) is 3.47. The van der Waals surface area contributed by atoms with Gasteiger partial charge in [0.15, 0.2) is 0 Å². The number of fused-ring (bicyclic) bond motifs is 1. The predicted octanol–water partition coefficient (Wildman–Crippen LogP) is 4.77. The lowest BCUT2D eigenvalue weighted by molar-refractivity contribution is -0.125. The van der Waals surface area contributed by atoms with E-state index in [9.17, 15) is 19.2 Å². The largest absolute Gasteiger partial charge is 0.444 e. The lowest BCUT2D eigenvalue weighted by Crippen LogP contribution is -2.49. The highest BCUT2D eigenvalue weighted by atomic mass is 32.2. The minimum absolute atomic E-state index is 0.139. The summed E-state index contributed by atoms with van der Waals surface area (Å²) >= 11 is 1.81. The highest BCUT2D eigenvalue weighted by molar-refractivity contribution is 7.97. The number of piperidine rings is 2. The summed E-state index contributed by atoms with van der Waals surface area (Å²) in [4.78, 5) is 59.4. The van der Waals surface area contributed by atoms with Crippen molar-refractivity contribution >= 4 is 47.5 Å². The molecule has 0 radical (unpaired) electrons. The van der Waals surface area contributed by atoms with Crippen molar-refractivity contribution in [2.45, 2.75) is 88.4 Å². The third-order valence-corrected chi connectivity index (χ3v) is 12.0. The summed E-state index contributed by atoms with van der Waals surface area (Å²) in [5.74, 6) is 0.291. The van der Waals surface area contributed by atoms with Gasteiger partial charge >= 0.3 is 6.09 Å². The highest BCUT2D eigenvalue weighted by Gasteiger charge is 2.36. The first-order valence-electron chi connectivity index (χ1n) is 19.3. The molecule has 2 aromatic rings. The first-order valence-corrected chi connectivity index (χ1v) is 20.1. The summed E-state index contributed by atoms with van der Waals surface area (Å²) in [5, 5.41) is 5.68. The monoisotopic (exact) mass is 747 g/mol. The Labute approximate surface area is 319 Å². The van der Waals surface area contributed by atoms with Crippen LogP contribution in [0.1, 0.15) is 75.2 Å². The zero-order valence-electron chi connectivity index (χ0n) is 31.9. The van der Waals surface area contributed by atoms with E-state index in [2.05, 4.69) is 60.0 Å². The molecular weight excluding hydrogens is 691 g/mol. The van der Waals surface area contributed by atoms with Crippen molar-refractivity contribution in [3.63, 3.8) is 0 Å². The molecule has 288 valence electrons. The number of nitrogens with one attached hydrogen (secondary N) is 2. The van der Waals surface area contributed by atoms with Gasteiger partial charge in [0.1, 0.15) is 17.9 Å². The van der Waals surface area contributed by atoms with Crippen molar-refractivity contribution in [1.82, 2.24) is 24.7 Å². The Morgan fingerprint density at radius 3 is 2.30 bits per heavy atom. The Kier molecular flexibility index (Phi) is 12.9. The SMILES string of the molecule is CNC(=O)C(CCC=O)N1Cc2cc(N3CCC(CN4CCN(c5cccc(SN6CCC(NC(=O)OC(C)(C)C)CC6)c5)CC4)CC3)ccc2C1=O. The Morgan fingerprint density at radius 1 is 0.925 bits per heavy atom. The van der Waals surface area contributed by atoms with Crippen molar-refractivity contribution in [1.29, 1.82) is 0 Å². The maximum atomic E-state index is 13.2. The van der Waals surface area contributed by atoms with Gasteiger partial charge in [0.2, 0.25) is 5.91 Å². The first kappa shape index (κ1) is 38.9. The summed E-state index contributed by atoms with van der Waals surface area (Å²) in [6.45, 7) is 15.2. The van der Waals surface area contributed by atoms with Crippen molar-refractivity contribution in [3.05, 3.63) is 53.6 Å². The molecule has 1 unspecified atom stereocenters. The van der Waals surface area contributed by atoms with Crippen LogP contribution in [-0.4, -0.2) is 122 Å². The lowest BCUT2D eigenvalue weighted by Gasteiger charge is -2.40. The van der Waals surface area contributed by atoms with Crippen LogP contribution in [0.5, 0.6) is 0 Å². The Morgan fingerprint density at radius 2 is 1.62 bits per heavy atom. The van der Waals surface area contributed by atoms with Gasteiger partial charge in [0, 0.05) is 107 Å². The van der Waals surface area contributed by atoms with Crippen LogP contribution in [0.25, 0.3) is 0 Å². The van der Waals surface area contributed by atoms with Gasteiger partial charge < -0.3 is 34.9 Å². The van der Waals surface area contributed by atoms with E-state index in [-0.39, 0.29) is 30.4 Å². The van der Waals surface area contributed by atoms with Gasteiger partial charge in [-0.2, -0.15) is 0 Å². The maximum Gasteiger partial charge on any atom is 0.407 e. The van der Waals surface area contributed by atoms with E-state index in [0.29, 0.717) is 24.4 Å². The molecule has 53 heavy (non-hydrogen) atoms. The minimum Gasteiger partial charge on any atom is -0.444 e. The number of likely N-dealkylation sites (N-methyl/N-ethyl adjacent to an activating group) is 1. The predicted molar refractivity (Wildman–Crippen MR) is 209 cm³/mol. The molecule has 0 aromatic heterocycles. The molecule has 2 aromatic carbocycles. The fraction of sp³-hybridized carbons (Fsp3) is 0.600. The molecular formula is C40H57N7O5S. The number of anilines is 2. The summed E-state index contributed by atoms with van der Waals surface area (Å²) in [7, 11) is 1.56. The standard InChI is InChI=1S/C40H57N7O5S/c1-40(2,3)52-39(51)42-31-14-18-46(19-15-31)53-34-8-5-7-32(26-34)45-22-20-43(21-23-45)27-29-12-16-44(17-13-29)33-10-11-35-30(25-33)28-47(38(35)50)36(9-6-24-48)37(49)41-4/h5,7-8,10-11,24-26,29,31,36H,6,9,12-23,27-28H2,1-4H3,(H,41,49)(H,42,51). The number of hydrogen-bond donors (Lipinski definition) is 2. The summed E-state index contributed by atoms with van der Waals surface area (Å²) in [6, 6.07) is 14.5. The number of hydrogen-bond acceptors (Lipinski definition) is 10. The van der Waals surface area contributed by atoms with Gasteiger partial charge in [0.05, 0.1) is 0 Å². The third-order valence-electron chi connectivity index (χ3n) is 10.9. The second kappa shape index (κ2) is 17.6. The van der Waals surface area contributed by atoms with Crippen molar-refractivity contribution in [2.75, 3.05) is 75.8 Å². The van der Waals surface area contributed by atoms with E-state index in [4.69, 9.17) is 4.74 Å². The van der Waals surface area contributed by atoms with Gasteiger partial charge in [-0.25, -0.2) is 9.10 Å². The first-order chi connectivity index (χ1) is 25.5. The molecule has 2 N–H and O–H groups in total. The van der Waals surface area contributed by atoms with Crippen LogP contribution in [0.2, 0.25) is 0 Å². The van der Waals surface area contributed by atoms with Crippen LogP contribution in [-0.2, 0) is 20.9 Å². The fourth-order valence-corrected chi connectivity index (χ4v) is 8.98. The normalized spacial score (nSPS) is 19.9. The zero-order valence-corrected chi connectivity index (χ0v) is 32.7. The topological polar surface area (TPSA) is 118 Å². The molecule has 0 spiro atoms. The maximum absolute atomic E-state index is 13.2. The Hall–Kier alpha value is -3.81. The van der Waals surface area contributed by atoms with E-state index in [1.54, 1.807) is 11.9 Å². The van der Waals surface area contributed by atoms with Crippen molar-refractivity contribution in [3.8, 4) is 0 Å². The number of alkyl carbamates (subject to hydrolysis) is 1. The molecule has 4 aliphatic heterocycles. The van der Waals surface area contributed by atoms with E-state index in [0.717, 1.165) is 102 Å². The number of rotatable bonds is 12. The average molecular weight is 748 g/mol. The van der Waals surface area contributed by atoms with Crippen molar-refractivity contribution < 1.29 is 23.9 Å². The van der Waals surface area contributed by atoms with Crippen LogP contribution in [0.3, 0.4) is 0 Å². The smallest absolute Gasteiger partial charge is 0.407 e.